The van der Waals surface area contributed by atoms with Crippen molar-refractivity contribution in [1.29, 1.82) is 0 Å². The summed E-state index contributed by atoms with van der Waals surface area (Å²) in [6, 6.07) is 0. The Bertz CT molecular complexity index is 1770. The van der Waals surface area contributed by atoms with Crippen LogP contribution in [0.4, 0.5) is 20.4 Å². The third-order valence-electron chi connectivity index (χ3n) is 7.11. The molecule has 4 aromatic rings. The van der Waals surface area contributed by atoms with Crippen LogP contribution in [-0.4, -0.2) is 89.0 Å². The maximum absolute atomic E-state index is 15.9. The van der Waals surface area contributed by atoms with Gasteiger partial charge in [0.2, 0.25) is 0 Å². The van der Waals surface area contributed by atoms with Crippen LogP contribution in [0.3, 0.4) is 0 Å². The monoisotopic (exact) mass is 662 g/mol. The highest BCUT2D eigenvalue weighted by Crippen LogP contribution is 2.57. The Morgan fingerprint density at radius 1 is 0.860 bits per heavy atom. The molecule has 0 aliphatic carbocycles. The van der Waals surface area contributed by atoms with E-state index in [1.54, 1.807) is 0 Å². The van der Waals surface area contributed by atoms with Gasteiger partial charge in [0.15, 0.2) is 47.7 Å². The summed E-state index contributed by atoms with van der Waals surface area (Å²) in [6.45, 7) is -5.52. The molecule has 4 aromatic heterocycles. The van der Waals surface area contributed by atoms with Crippen molar-refractivity contribution in [1.82, 2.24) is 39.0 Å². The summed E-state index contributed by atoms with van der Waals surface area (Å²) in [5, 5.41) is 0. The molecule has 0 spiro atoms. The lowest BCUT2D eigenvalue weighted by molar-refractivity contribution is -0.0539. The number of aromatic nitrogens is 8. The van der Waals surface area contributed by atoms with E-state index in [0.29, 0.717) is 0 Å². The van der Waals surface area contributed by atoms with Crippen LogP contribution in [0.25, 0.3) is 22.3 Å². The maximum atomic E-state index is 15.9. The minimum absolute atomic E-state index is 0.0621. The molecule has 4 N–H and O–H groups in total. The van der Waals surface area contributed by atoms with E-state index in [1.165, 1.54) is 34.4 Å². The summed E-state index contributed by atoms with van der Waals surface area (Å²) in [7, 11) is -3.44. The molecule has 0 aromatic carbocycles. The number of alkyl halides is 2. The standard InChI is InChI=1S/C20H22F2N10O8P2S/c21-9-13-8(38-19(9)31-5-29-11-15(23)25-3-27-17(11)31)2-36-42(34,43)40-14-7(1-35-41(33)39-13)37-20(10(14)22)32-6-30-12-16(24)26-4-28-18(12)32/h3-10,13-14,19-20,41H,1-2H2,(H,34,43)(H2,23,25,27)(H2,24,26,28)/t7?,8-,9-,10-,13-,14-,19-,20-,42-/m1/s1. The number of nitrogens with zero attached hydrogens (tertiary/aromatic N) is 8. The molecule has 0 saturated carbocycles. The summed E-state index contributed by atoms with van der Waals surface area (Å²) in [6.07, 6.45) is -7.59. The molecule has 0 radical (unpaired) electrons. The van der Waals surface area contributed by atoms with E-state index in [9.17, 15) is 9.13 Å². The number of thiol groups is 1. The van der Waals surface area contributed by atoms with Gasteiger partial charge in [-0.25, -0.2) is 43.2 Å². The van der Waals surface area contributed by atoms with Crippen molar-refractivity contribution >= 4 is 61.3 Å². The zero-order valence-corrected chi connectivity index (χ0v) is 24.3. The van der Waals surface area contributed by atoms with Crippen LogP contribution < -0.4 is 11.5 Å². The molecule has 43 heavy (non-hydrogen) atoms. The van der Waals surface area contributed by atoms with Gasteiger partial charge in [-0.1, -0.05) is 12.2 Å². The number of imidazole rings is 2. The molecule has 10 atom stereocenters. The van der Waals surface area contributed by atoms with E-state index in [1.807, 2.05) is 0 Å². The van der Waals surface area contributed by atoms with Gasteiger partial charge in [0.1, 0.15) is 48.1 Å². The molecular formula is C20H22F2N10O8P2S. The van der Waals surface area contributed by atoms with Crippen LogP contribution in [0.5, 0.6) is 0 Å². The van der Waals surface area contributed by atoms with E-state index in [0.717, 1.165) is 0 Å². The van der Waals surface area contributed by atoms with Crippen molar-refractivity contribution in [2.45, 2.75) is 49.2 Å². The number of anilines is 2. The van der Waals surface area contributed by atoms with Crippen LogP contribution in [0.1, 0.15) is 12.5 Å². The Labute approximate surface area is 245 Å². The number of nitrogen functional groups attached to an aromatic ring is 2. The molecule has 23 heteroatoms. The Morgan fingerprint density at radius 3 is 1.98 bits per heavy atom. The quantitative estimate of drug-likeness (QED) is 0.204. The third kappa shape index (κ3) is 5.07. The van der Waals surface area contributed by atoms with Gasteiger partial charge in [0.05, 0.1) is 25.9 Å². The number of rotatable bonds is 2. The summed E-state index contributed by atoms with van der Waals surface area (Å²) >= 11 is 3.99. The Hall–Kier alpha value is -2.87. The molecule has 0 bridgehead atoms. The Morgan fingerprint density at radius 2 is 1.40 bits per heavy atom. The SMILES string of the molecule is Nc1ncnc2c1ncn2[C@@H]1O[C@@H]2CO[P@@](=O)(S)O[C@@H]3C(CO[PH](=O)O[C@H]2[C@H]1F)O[C@@H](n1cnc2c(N)ncnc21)[C@@H]3F. The first-order valence-electron chi connectivity index (χ1n) is 12.6. The first-order valence-corrected chi connectivity index (χ1v) is 16.5. The summed E-state index contributed by atoms with van der Waals surface area (Å²) in [5.41, 5.74) is 12.4. The average Bonchev–Trinajstić information content (AvgIpc) is 3.73. The van der Waals surface area contributed by atoms with Crippen LogP contribution in [0.2, 0.25) is 0 Å². The van der Waals surface area contributed by atoms with Crippen molar-refractivity contribution in [2.24, 2.45) is 0 Å². The molecular weight excluding hydrogens is 640 g/mol. The minimum atomic E-state index is -4.35. The summed E-state index contributed by atoms with van der Waals surface area (Å²) in [5.74, 6) is 0.127. The number of ether oxygens (including phenoxy) is 2. The van der Waals surface area contributed by atoms with E-state index in [4.69, 9.17) is 39.0 Å². The largest absolute Gasteiger partial charge is 0.386 e. The molecule has 7 heterocycles. The fourth-order valence-electron chi connectivity index (χ4n) is 5.13. The predicted molar refractivity (Wildman–Crippen MR) is 144 cm³/mol. The topological polar surface area (TPSA) is 229 Å². The van der Waals surface area contributed by atoms with Gasteiger partial charge in [0, 0.05) is 0 Å². The first kappa shape index (κ1) is 28.9. The van der Waals surface area contributed by atoms with Crippen LogP contribution in [-0.2, 0) is 36.7 Å². The van der Waals surface area contributed by atoms with Gasteiger partial charge in [-0.05, 0) is 0 Å². The van der Waals surface area contributed by atoms with Crippen LogP contribution >= 0.6 is 27.3 Å². The zero-order chi connectivity index (χ0) is 30.0. The molecule has 7 rings (SSSR count). The van der Waals surface area contributed by atoms with Crippen molar-refractivity contribution in [3.8, 4) is 0 Å². The lowest BCUT2D eigenvalue weighted by Gasteiger charge is -2.26. The highest BCUT2D eigenvalue weighted by molar-refractivity contribution is 8.44. The second-order valence-electron chi connectivity index (χ2n) is 9.66. The Balaban J connectivity index is 1.14. The normalized spacial score (nSPS) is 37.1. The van der Waals surface area contributed by atoms with E-state index < -0.39 is 77.5 Å². The highest BCUT2D eigenvalue weighted by atomic mass is 32.7. The summed E-state index contributed by atoms with van der Waals surface area (Å²) in [4.78, 5) is 24.0. The molecule has 3 fully saturated rings. The van der Waals surface area contributed by atoms with Crippen LogP contribution in [0.15, 0.2) is 25.3 Å². The van der Waals surface area contributed by atoms with Gasteiger partial charge in [0.25, 0.3) is 0 Å². The number of hydrogen-bond acceptors (Lipinski definition) is 16. The zero-order valence-electron chi connectivity index (χ0n) is 21.5. The number of halogens is 2. The van der Waals surface area contributed by atoms with Gasteiger partial charge in [-0.3, -0.25) is 22.7 Å². The van der Waals surface area contributed by atoms with E-state index in [-0.39, 0.29) is 34.0 Å². The van der Waals surface area contributed by atoms with Gasteiger partial charge < -0.3 is 30.0 Å². The minimum Gasteiger partial charge on any atom is -0.382 e. The lowest BCUT2D eigenvalue weighted by atomic mass is 10.1. The first-order chi connectivity index (χ1) is 20.6. The van der Waals surface area contributed by atoms with Gasteiger partial charge in [-0.15, -0.1) is 0 Å². The maximum Gasteiger partial charge on any atom is 0.386 e. The second kappa shape index (κ2) is 10.9. The fraction of sp³-hybridized carbons (Fsp3) is 0.500. The number of fused-ring (bicyclic) bond motifs is 4. The van der Waals surface area contributed by atoms with Gasteiger partial charge >= 0.3 is 15.1 Å². The fourth-order valence-corrected chi connectivity index (χ4v) is 7.49. The van der Waals surface area contributed by atoms with Crippen molar-refractivity contribution in [2.75, 3.05) is 24.7 Å². The van der Waals surface area contributed by atoms with Crippen molar-refractivity contribution < 1.29 is 45.5 Å². The van der Waals surface area contributed by atoms with Crippen molar-refractivity contribution in [3.05, 3.63) is 25.3 Å². The predicted octanol–water partition coefficient (Wildman–Crippen LogP) is 1.55. The Kier molecular flexibility index (Phi) is 7.34. The number of nitrogens with two attached hydrogens (primary N) is 2. The molecule has 18 nitrogen and oxygen atoms in total. The molecule has 3 aliphatic rings. The second-order valence-corrected chi connectivity index (χ2v) is 13.6. The van der Waals surface area contributed by atoms with Crippen LogP contribution in [0, 0.1) is 0 Å². The molecule has 3 saturated heterocycles. The van der Waals surface area contributed by atoms with Crippen molar-refractivity contribution in [3.63, 3.8) is 0 Å². The highest BCUT2D eigenvalue weighted by Gasteiger charge is 2.53. The third-order valence-corrected chi connectivity index (χ3v) is 9.59. The lowest BCUT2D eigenvalue weighted by Crippen LogP contribution is -2.36. The molecule has 230 valence electrons. The molecule has 0 amide bonds. The molecule has 3 aliphatic heterocycles. The van der Waals surface area contributed by atoms with Gasteiger partial charge in [-0.2, -0.15) is 0 Å². The summed E-state index contributed by atoms with van der Waals surface area (Å²) < 4.78 is 93.6. The van der Waals surface area contributed by atoms with E-state index in [2.05, 4.69) is 42.2 Å². The number of hydrogen-bond donors (Lipinski definition) is 3. The smallest absolute Gasteiger partial charge is 0.382 e. The average molecular weight is 662 g/mol. The van der Waals surface area contributed by atoms with E-state index >= 15 is 8.78 Å². The molecule has 2 unspecified atom stereocenters.